The molecule has 18 heavy (non-hydrogen) atoms. The van der Waals surface area contributed by atoms with Gasteiger partial charge in [-0.2, -0.15) is 0 Å². The Hall–Kier alpha value is -1.56. The summed E-state index contributed by atoms with van der Waals surface area (Å²) in [5.41, 5.74) is 0.528. The summed E-state index contributed by atoms with van der Waals surface area (Å²) in [7, 11) is 5.81. The Labute approximate surface area is 108 Å². The predicted octanol–water partition coefficient (Wildman–Crippen LogP) is 0.332. The highest BCUT2D eigenvalue weighted by molar-refractivity contribution is 5.92. The normalized spacial score (nSPS) is 14.2. The Morgan fingerprint density at radius 3 is 2.89 bits per heavy atom. The van der Waals surface area contributed by atoms with Gasteiger partial charge in [-0.1, -0.05) is 0 Å². The molecule has 100 valence electrons. The van der Waals surface area contributed by atoms with E-state index in [9.17, 15) is 4.79 Å². The third kappa shape index (κ3) is 2.81. The van der Waals surface area contributed by atoms with Crippen LogP contribution in [0.25, 0.3) is 0 Å². The molecule has 2 rings (SSSR count). The van der Waals surface area contributed by atoms with Crippen LogP contribution >= 0.6 is 0 Å². The number of carbonyl (C=O) groups excluding carboxylic acids is 1. The second-order valence-corrected chi connectivity index (χ2v) is 4.95. The van der Waals surface area contributed by atoms with E-state index < -0.39 is 0 Å². The lowest BCUT2D eigenvalue weighted by Gasteiger charge is -2.18. The molecule has 1 amide bonds. The average molecular weight is 251 g/mol. The third-order valence-electron chi connectivity index (χ3n) is 3.08. The first-order chi connectivity index (χ1) is 8.58. The van der Waals surface area contributed by atoms with Crippen molar-refractivity contribution >= 4 is 11.9 Å². The highest BCUT2D eigenvalue weighted by Crippen LogP contribution is 2.14. The van der Waals surface area contributed by atoms with E-state index in [0.717, 1.165) is 32.0 Å². The number of carbonyl (C=O) groups is 1. The Morgan fingerprint density at radius 2 is 2.22 bits per heavy atom. The maximum absolute atomic E-state index is 12.2. The van der Waals surface area contributed by atoms with Crippen molar-refractivity contribution in [3.8, 4) is 0 Å². The van der Waals surface area contributed by atoms with Crippen LogP contribution in [0.3, 0.4) is 0 Å². The van der Waals surface area contributed by atoms with Gasteiger partial charge >= 0.3 is 0 Å². The number of hydrogen-bond donors (Lipinski definition) is 1. The number of imidazole rings is 1. The first kappa shape index (κ1) is 12.9. The highest BCUT2D eigenvalue weighted by atomic mass is 16.2. The zero-order valence-corrected chi connectivity index (χ0v) is 11.3. The Balaban J connectivity index is 2.02. The molecule has 1 aliphatic rings. The first-order valence-corrected chi connectivity index (χ1v) is 6.29. The van der Waals surface area contributed by atoms with E-state index in [4.69, 9.17) is 0 Å². The van der Waals surface area contributed by atoms with Crippen LogP contribution in [-0.2, 0) is 6.54 Å². The van der Waals surface area contributed by atoms with Gasteiger partial charge in [-0.15, -0.1) is 0 Å². The molecule has 6 heteroatoms. The molecule has 0 atom stereocenters. The van der Waals surface area contributed by atoms with Crippen molar-refractivity contribution < 1.29 is 4.79 Å². The highest BCUT2D eigenvalue weighted by Gasteiger charge is 2.19. The number of likely N-dealkylation sites (N-methyl/N-ethyl adjacent to an activating group) is 2. The molecule has 0 aromatic carbocycles. The number of nitrogens with zero attached hydrogens (tertiary/aromatic N) is 4. The molecule has 0 fully saturated rings. The lowest BCUT2D eigenvalue weighted by molar-refractivity contribution is 0.0781. The Bertz CT molecular complexity index is 403. The minimum atomic E-state index is -0.0134. The zero-order chi connectivity index (χ0) is 13.1. The minimum Gasteiger partial charge on any atom is -0.356 e. The summed E-state index contributed by atoms with van der Waals surface area (Å²) in [5.74, 6) is 0.797. The molecule has 6 nitrogen and oxygen atoms in total. The number of nitrogens with one attached hydrogen (secondary N) is 1. The van der Waals surface area contributed by atoms with Crippen LogP contribution in [0.1, 0.15) is 16.9 Å². The monoisotopic (exact) mass is 251 g/mol. The Morgan fingerprint density at radius 1 is 1.44 bits per heavy atom. The fourth-order valence-electron chi connectivity index (χ4n) is 1.93. The molecule has 0 unspecified atom stereocenters. The van der Waals surface area contributed by atoms with Gasteiger partial charge in [-0.25, -0.2) is 4.98 Å². The maximum Gasteiger partial charge on any atom is 0.273 e. The standard InChI is InChI=1S/C12H21N5O/c1-15(2)7-8-16(3)11(18)10-9-17-6-4-5-13-12(17)14-10/h9H,4-8H2,1-3H3,(H,13,14). The Kier molecular flexibility index (Phi) is 3.86. The summed E-state index contributed by atoms with van der Waals surface area (Å²) in [5, 5.41) is 3.20. The maximum atomic E-state index is 12.2. The fourth-order valence-corrected chi connectivity index (χ4v) is 1.93. The number of anilines is 1. The van der Waals surface area contributed by atoms with Gasteiger partial charge < -0.3 is 19.7 Å². The second kappa shape index (κ2) is 5.39. The third-order valence-corrected chi connectivity index (χ3v) is 3.08. The molecule has 0 aliphatic carbocycles. The van der Waals surface area contributed by atoms with E-state index in [0.29, 0.717) is 12.2 Å². The van der Waals surface area contributed by atoms with Crippen LogP contribution in [0, 0.1) is 0 Å². The summed E-state index contributed by atoms with van der Waals surface area (Å²) in [6.07, 6.45) is 2.92. The van der Waals surface area contributed by atoms with Gasteiger partial charge in [0.2, 0.25) is 5.95 Å². The molecule has 2 heterocycles. The van der Waals surface area contributed by atoms with Gasteiger partial charge in [-0.3, -0.25) is 4.79 Å². The number of hydrogen-bond acceptors (Lipinski definition) is 4. The molecular formula is C12H21N5O. The van der Waals surface area contributed by atoms with Crippen molar-refractivity contribution in [3.63, 3.8) is 0 Å². The molecule has 0 radical (unpaired) electrons. The minimum absolute atomic E-state index is 0.0134. The molecule has 1 N–H and O–H groups in total. The fraction of sp³-hybridized carbons (Fsp3) is 0.667. The van der Waals surface area contributed by atoms with E-state index in [1.54, 1.807) is 4.90 Å². The molecule has 0 saturated carbocycles. The van der Waals surface area contributed by atoms with Crippen molar-refractivity contribution in [2.75, 3.05) is 46.1 Å². The number of fused-ring (bicyclic) bond motifs is 1. The molecule has 0 bridgehead atoms. The van der Waals surface area contributed by atoms with Crippen molar-refractivity contribution in [1.29, 1.82) is 0 Å². The molecule has 0 saturated heterocycles. The van der Waals surface area contributed by atoms with E-state index in [2.05, 4.69) is 15.2 Å². The van der Waals surface area contributed by atoms with Crippen LogP contribution in [0.5, 0.6) is 0 Å². The summed E-state index contributed by atoms with van der Waals surface area (Å²) in [6.45, 7) is 3.43. The first-order valence-electron chi connectivity index (χ1n) is 6.29. The molecule has 0 spiro atoms. The largest absolute Gasteiger partial charge is 0.356 e. The van der Waals surface area contributed by atoms with Gasteiger partial charge in [0, 0.05) is 39.4 Å². The lowest BCUT2D eigenvalue weighted by Crippen LogP contribution is -2.33. The van der Waals surface area contributed by atoms with Crippen LogP contribution in [0.2, 0.25) is 0 Å². The van der Waals surface area contributed by atoms with E-state index in [1.807, 2.05) is 31.9 Å². The smallest absolute Gasteiger partial charge is 0.273 e. The zero-order valence-electron chi connectivity index (χ0n) is 11.3. The van der Waals surface area contributed by atoms with Gasteiger partial charge in [0.25, 0.3) is 5.91 Å². The quantitative estimate of drug-likeness (QED) is 0.838. The van der Waals surface area contributed by atoms with Gasteiger partial charge in [-0.05, 0) is 20.5 Å². The van der Waals surface area contributed by atoms with E-state index in [1.165, 1.54) is 0 Å². The molecule has 1 aliphatic heterocycles. The average Bonchev–Trinajstić information content (AvgIpc) is 2.78. The van der Waals surface area contributed by atoms with Crippen molar-refractivity contribution in [3.05, 3.63) is 11.9 Å². The van der Waals surface area contributed by atoms with Crippen LogP contribution in [-0.4, -0.2) is 66.0 Å². The summed E-state index contributed by atoms with van der Waals surface area (Å²) in [6, 6.07) is 0. The number of aryl methyl sites for hydroxylation is 1. The number of rotatable bonds is 4. The molecule has 1 aromatic rings. The predicted molar refractivity (Wildman–Crippen MR) is 70.8 cm³/mol. The van der Waals surface area contributed by atoms with Gasteiger partial charge in [0.05, 0.1) is 0 Å². The van der Waals surface area contributed by atoms with Crippen LogP contribution in [0.4, 0.5) is 5.95 Å². The second-order valence-electron chi connectivity index (χ2n) is 4.95. The van der Waals surface area contributed by atoms with E-state index in [-0.39, 0.29) is 5.91 Å². The summed E-state index contributed by atoms with van der Waals surface area (Å²) >= 11 is 0. The van der Waals surface area contributed by atoms with Gasteiger partial charge in [0.1, 0.15) is 5.69 Å². The van der Waals surface area contributed by atoms with Crippen molar-refractivity contribution in [2.45, 2.75) is 13.0 Å². The summed E-state index contributed by atoms with van der Waals surface area (Å²) < 4.78 is 2.01. The van der Waals surface area contributed by atoms with Gasteiger partial charge in [0.15, 0.2) is 0 Å². The van der Waals surface area contributed by atoms with Crippen LogP contribution < -0.4 is 5.32 Å². The van der Waals surface area contributed by atoms with Crippen molar-refractivity contribution in [1.82, 2.24) is 19.4 Å². The number of amides is 1. The van der Waals surface area contributed by atoms with Crippen LogP contribution in [0.15, 0.2) is 6.20 Å². The molecular weight excluding hydrogens is 230 g/mol. The van der Waals surface area contributed by atoms with Crippen molar-refractivity contribution in [2.24, 2.45) is 0 Å². The lowest BCUT2D eigenvalue weighted by atomic mass is 10.3. The SMILES string of the molecule is CN(C)CCN(C)C(=O)c1cn2c(n1)NCCC2. The molecule has 1 aromatic heterocycles. The number of aromatic nitrogens is 2. The summed E-state index contributed by atoms with van der Waals surface area (Å²) in [4.78, 5) is 20.3. The van der Waals surface area contributed by atoms with E-state index >= 15 is 0 Å². The topological polar surface area (TPSA) is 53.4 Å².